The molecule has 7 nitrogen and oxygen atoms in total. The van der Waals surface area contributed by atoms with Crippen LogP contribution in [0, 0.1) is 6.92 Å². The first-order valence-electron chi connectivity index (χ1n) is 10.5. The van der Waals surface area contributed by atoms with Gasteiger partial charge < -0.3 is 9.64 Å². The molecule has 0 spiro atoms. The SMILES string of the molecule is Cc1nc(COc2cccc(/C=C/C(=O)N(C)[C@@H](C)c3ccc(-n4cncn4)cc3)c2)cs1. The van der Waals surface area contributed by atoms with Crippen molar-refractivity contribution >= 4 is 23.3 Å². The summed E-state index contributed by atoms with van der Waals surface area (Å²) in [5.41, 5.74) is 3.77. The number of aryl methyl sites for hydroxylation is 1. The minimum atomic E-state index is -0.0804. The maximum Gasteiger partial charge on any atom is 0.246 e. The van der Waals surface area contributed by atoms with E-state index in [1.54, 1.807) is 46.4 Å². The summed E-state index contributed by atoms with van der Waals surface area (Å²) in [6, 6.07) is 15.5. The number of aromatic nitrogens is 4. The van der Waals surface area contributed by atoms with Crippen LogP contribution in [0.25, 0.3) is 11.8 Å². The minimum absolute atomic E-state index is 0.0767. The lowest BCUT2D eigenvalue weighted by atomic mass is 10.1. The van der Waals surface area contributed by atoms with E-state index in [0.29, 0.717) is 6.61 Å². The van der Waals surface area contributed by atoms with Gasteiger partial charge in [0, 0.05) is 18.5 Å². The van der Waals surface area contributed by atoms with Gasteiger partial charge in [0.1, 0.15) is 25.0 Å². The van der Waals surface area contributed by atoms with Crippen LogP contribution in [0.15, 0.2) is 72.6 Å². The zero-order valence-electron chi connectivity index (χ0n) is 18.8. The lowest BCUT2D eigenvalue weighted by Gasteiger charge is -2.24. The molecule has 0 radical (unpaired) electrons. The summed E-state index contributed by atoms with van der Waals surface area (Å²) in [7, 11) is 1.80. The third-order valence-electron chi connectivity index (χ3n) is 5.32. The molecule has 0 N–H and O–H groups in total. The molecule has 4 rings (SSSR count). The number of hydrogen-bond donors (Lipinski definition) is 0. The molecule has 8 heteroatoms. The van der Waals surface area contributed by atoms with E-state index in [-0.39, 0.29) is 11.9 Å². The first-order valence-corrected chi connectivity index (χ1v) is 11.4. The van der Waals surface area contributed by atoms with E-state index in [1.165, 1.54) is 6.33 Å². The van der Waals surface area contributed by atoms with Gasteiger partial charge in [0.15, 0.2) is 0 Å². The Morgan fingerprint density at radius 1 is 1.24 bits per heavy atom. The smallest absolute Gasteiger partial charge is 0.246 e. The third kappa shape index (κ3) is 5.72. The number of amides is 1. The molecule has 0 fully saturated rings. The Kier molecular flexibility index (Phi) is 6.95. The normalized spacial score (nSPS) is 12.1. The van der Waals surface area contributed by atoms with Crippen molar-refractivity contribution in [3.63, 3.8) is 0 Å². The van der Waals surface area contributed by atoms with Crippen LogP contribution in [0.1, 0.15) is 34.8 Å². The highest BCUT2D eigenvalue weighted by Gasteiger charge is 2.15. The van der Waals surface area contributed by atoms with Crippen molar-refractivity contribution in [1.29, 1.82) is 0 Å². The van der Waals surface area contributed by atoms with E-state index in [4.69, 9.17) is 4.74 Å². The monoisotopic (exact) mass is 459 g/mol. The lowest BCUT2D eigenvalue weighted by Crippen LogP contribution is -2.27. The molecule has 0 saturated heterocycles. The van der Waals surface area contributed by atoms with Gasteiger partial charge in [-0.3, -0.25) is 4.79 Å². The van der Waals surface area contributed by atoms with Gasteiger partial charge in [0.2, 0.25) is 5.91 Å². The lowest BCUT2D eigenvalue weighted by molar-refractivity contribution is -0.126. The first-order chi connectivity index (χ1) is 16.0. The first kappa shape index (κ1) is 22.4. The van der Waals surface area contributed by atoms with Crippen molar-refractivity contribution in [3.05, 3.63) is 94.5 Å². The van der Waals surface area contributed by atoms with Crippen molar-refractivity contribution < 1.29 is 9.53 Å². The second kappa shape index (κ2) is 10.2. The van der Waals surface area contributed by atoms with Crippen molar-refractivity contribution in [1.82, 2.24) is 24.6 Å². The fraction of sp³-hybridized carbons (Fsp3) is 0.200. The summed E-state index contributed by atoms with van der Waals surface area (Å²) < 4.78 is 7.53. The van der Waals surface area contributed by atoms with Gasteiger partial charge in [-0.2, -0.15) is 5.10 Å². The molecule has 1 atom stereocenters. The predicted molar refractivity (Wildman–Crippen MR) is 129 cm³/mol. The van der Waals surface area contributed by atoms with Crippen molar-refractivity contribution in [2.45, 2.75) is 26.5 Å². The molecule has 2 aromatic carbocycles. The molecule has 1 amide bonds. The van der Waals surface area contributed by atoms with Gasteiger partial charge in [-0.1, -0.05) is 24.3 Å². The third-order valence-corrected chi connectivity index (χ3v) is 6.14. The second-order valence-corrected chi connectivity index (χ2v) is 8.67. The van der Waals surface area contributed by atoms with Crippen LogP contribution in [-0.2, 0) is 11.4 Å². The van der Waals surface area contributed by atoms with Crippen LogP contribution in [0.5, 0.6) is 5.75 Å². The van der Waals surface area contributed by atoms with Gasteiger partial charge in [-0.15, -0.1) is 11.3 Å². The molecule has 168 valence electrons. The molecule has 2 aromatic heterocycles. The molecule has 0 aliphatic carbocycles. The number of rotatable bonds is 8. The Hall–Kier alpha value is -3.78. The zero-order valence-corrected chi connectivity index (χ0v) is 19.6. The van der Waals surface area contributed by atoms with E-state index in [1.807, 2.05) is 67.8 Å². The van der Waals surface area contributed by atoms with E-state index < -0.39 is 0 Å². The number of likely N-dealkylation sites (N-methyl/N-ethyl adjacent to an activating group) is 1. The number of benzene rings is 2. The highest BCUT2D eigenvalue weighted by Crippen LogP contribution is 2.21. The topological polar surface area (TPSA) is 73.1 Å². The Bertz CT molecular complexity index is 1230. The molecule has 0 aliphatic heterocycles. The summed E-state index contributed by atoms with van der Waals surface area (Å²) in [6.45, 7) is 4.40. The van der Waals surface area contributed by atoms with Crippen LogP contribution in [0.4, 0.5) is 0 Å². The van der Waals surface area contributed by atoms with Crippen molar-refractivity contribution in [3.8, 4) is 11.4 Å². The van der Waals surface area contributed by atoms with Crippen LogP contribution >= 0.6 is 11.3 Å². The molecule has 0 aliphatic rings. The molecule has 0 bridgehead atoms. The number of nitrogens with zero attached hydrogens (tertiary/aromatic N) is 5. The fourth-order valence-electron chi connectivity index (χ4n) is 3.29. The summed E-state index contributed by atoms with van der Waals surface area (Å²) in [6.07, 6.45) is 6.54. The standard InChI is InChI=1S/C25H25N5O2S/c1-18(21-8-10-23(11-9-21)30-17-26-16-27-30)29(3)25(31)12-7-20-5-4-6-24(13-20)32-14-22-15-33-19(2)28-22/h4-13,15-18H,14H2,1-3H3/b12-7+/t18-/m0/s1. The Balaban J connectivity index is 1.36. The minimum Gasteiger partial charge on any atom is -0.487 e. The second-order valence-electron chi connectivity index (χ2n) is 7.61. The number of thiazole rings is 1. The van der Waals surface area contributed by atoms with Crippen LogP contribution in [0.2, 0.25) is 0 Å². The molecule has 2 heterocycles. The number of carbonyl (C=O) groups excluding carboxylic acids is 1. The number of hydrogen-bond acceptors (Lipinski definition) is 6. The quantitative estimate of drug-likeness (QED) is 0.353. The van der Waals surface area contributed by atoms with Crippen LogP contribution in [-0.4, -0.2) is 37.6 Å². The Morgan fingerprint density at radius 2 is 2.06 bits per heavy atom. The summed E-state index contributed by atoms with van der Waals surface area (Å²) >= 11 is 1.61. The molecule has 0 saturated carbocycles. The van der Waals surface area contributed by atoms with Crippen LogP contribution < -0.4 is 4.74 Å². The summed E-state index contributed by atoms with van der Waals surface area (Å²) in [5.74, 6) is 0.663. The average molecular weight is 460 g/mol. The maximum absolute atomic E-state index is 12.8. The molecule has 4 aromatic rings. The van der Waals surface area contributed by atoms with Gasteiger partial charge in [-0.25, -0.2) is 14.6 Å². The molecule has 33 heavy (non-hydrogen) atoms. The van der Waals surface area contributed by atoms with Gasteiger partial charge in [-0.05, 0) is 55.3 Å². The van der Waals surface area contributed by atoms with Gasteiger partial charge >= 0.3 is 0 Å². The molecular weight excluding hydrogens is 434 g/mol. The zero-order chi connectivity index (χ0) is 23.2. The van der Waals surface area contributed by atoms with E-state index in [2.05, 4.69) is 15.1 Å². The molecular formula is C25H25N5O2S. The predicted octanol–water partition coefficient (Wildman–Crippen LogP) is 4.84. The average Bonchev–Trinajstić information content (AvgIpc) is 3.53. The fourth-order valence-corrected chi connectivity index (χ4v) is 3.88. The Morgan fingerprint density at radius 3 is 2.76 bits per heavy atom. The number of ether oxygens (including phenoxy) is 1. The highest BCUT2D eigenvalue weighted by molar-refractivity contribution is 7.09. The van der Waals surface area contributed by atoms with Crippen molar-refractivity contribution in [2.75, 3.05) is 7.05 Å². The number of carbonyl (C=O) groups is 1. The largest absolute Gasteiger partial charge is 0.487 e. The highest BCUT2D eigenvalue weighted by atomic mass is 32.1. The van der Waals surface area contributed by atoms with Crippen molar-refractivity contribution in [2.24, 2.45) is 0 Å². The summed E-state index contributed by atoms with van der Waals surface area (Å²) in [4.78, 5) is 22.8. The molecule has 0 unspecified atom stereocenters. The Labute approximate surface area is 197 Å². The van der Waals surface area contributed by atoms with E-state index in [0.717, 1.165) is 33.3 Å². The van der Waals surface area contributed by atoms with E-state index in [9.17, 15) is 4.79 Å². The van der Waals surface area contributed by atoms with Gasteiger partial charge in [0.05, 0.1) is 22.4 Å². The van der Waals surface area contributed by atoms with Crippen LogP contribution in [0.3, 0.4) is 0 Å². The summed E-state index contributed by atoms with van der Waals surface area (Å²) in [5, 5.41) is 7.15. The van der Waals surface area contributed by atoms with Gasteiger partial charge in [0.25, 0.3) is 0 Å². The maximum atomic E-state index is 12.8. The van der Waals surface area contributed by atoms with E-state index >= 15 is 0 Å².